The second kappa shape index (κ2) is 7.37. The molecule has 0 saturated carbocycles. The van der Waals surface area contributed by atoms with Gasteiger partial charge in [-0.25, -0.2) is 13.1 Å². The first-order valence-corrected chi connectivity index (χ1v) is 8.32. The minimum Gasteiger partial charge on any atom is -0.380 e. The van der Waals surface area contributed by atoms with Crippen LogP contribution in [0.2, 0.25) is 0 Å². The summed E-state index contributed by atoms with van der Waals surface area (Å²) in [6.07, 6.45) is 0.821. The van der Waals surface area contributed by atoms with Crippen LogP contribution in [0.1, 0.15) is 27.2 Å². The number of benzene rings is 1. The third-order valence-corrected chi connectivity index (χ3v) is 4.61. The van der Waals surface area contributed by atoms with Crippen molar-refractivity contribution in [1.82, 2.24) is 4.72 Å². The fourth-order valence-electron chi connectivity index (χ4n) is 1.73. The number of nitrogens with one attached hydrogen (secondary N) is 2. The number of nitro benzene ring substituents is 1. The van der Waals surface area contributed by atoms with Crippen LogP contribution in [0, 0.1) is 16.0 Å². The minimum atomic E-state index is -3.91. The summed E-state index contributed by atoms with van der Waals surface area (Å²) >= 11 is 0. The van der Waals surface area contributed by atoms with Gasteiger partial charge in [-0.1, -0.05) is 26.3 Å². The first kappa shape index (κ1) is 17.4. The second-order valence-electron chi connectivity index (χ2n) is 4.81. The molecule has 0 fully saturated rings. The summed E-state index contributed by atoms with van der Waals surface area (Å²) < 4.78 is 27.0. The number of rotatable bonds is 8. The van der Waals surface area contributed by atoms with Gasteiger partial charge in [0, 0.05) is 13.1 Å². The lowest BCUT2D eigenvalue weighted by atomic mass is 10.1. The van der Waals surface area contributed by atoms with Crippen LogP contribution in [0.15, 0.2) is 23.1 Å². The third-order valence-electron chi connectivity index (χ3n) is 3.16. The summed E-state index contributed by atoms with van der Waals surface area (Å²) in [5.74, 6) is 0.163. The molecule has 0 aliphatic heterocycles. The monoisotopic (exact) mass is 315 g/mol. The first-order chi connectivity index (χ1) is 9.83. The Kier molecular flexibility index (Phi) is 6.10. The van der Waals surface area contributed by atoms with Gasteiger partial charge in [0.25, 0.3) is 0 Å². The zero-order valence-corrected chi connectivity index (χ0v) is 13.2. The van der Waals surface area contributed by atoms with E-state index in [1.807, 2.05) is 13.8 Å². The number of hydrogen-bond donors (Lipinski definition) is 2. The van der Waals surface area contributed by atoms with Crippen LogP contribution in [0.4, 0.5) is 11.4 Å². The van der Waals surface area contributed by atoms with Crippen LogP contribution in [-0.2, 0) is 10.0 Å². The Bertz CT molecular complexity index is 601. The molecule has 1 atom stereocenters. The van der Waals surface area contributed by atoms with Crippen LogP contribution >= 0.6 is 0 Å². The number of para-hydroxylation sites is 1. The summed E-state index contributed by atoms with van der Waals surface area (Å²) in [4.78, 5) is 10.3. The molecule has 2 N–H and O–H groups in total. The number of anilines is 1. The SMILES string of the molecule is CCNc1cccc(S(=O)(=O)NCC(C)CC)c1[N+](=O)[O-]. The van der Waals surface area contributed by atoms with Crippen LogP contribution in [-0.4, -0.2) is 26.4 Å². The van der Waals surface area contributed by atoms with Crippen molar-refractivity contribution in [2.75, 3.05) is 18.4 Å². The smallest absolute Gasteiger partial charge is 0.312 e. The molecule has 0 aromatic heterocycles. The molecule has 1 aromatic rings. The summed E-state index contributed by atoms with van der Waals surface area (Å²) in [7, 11) is -3.91. The lowest BCUT2D eigenvalue weighted by molar-refractivity contribution is -0.386. The molecule has 1 unspecified atom stereocenters. The molecule has 0 bridgehead atoms. The van der Waals surface area contributed by atoms with Crippen molar-refractivity contribution >= 4 is 21.4 Å². The van der Waals surface area contributed by atoms with Crippen LogP contribution in [0.25, 0.3) is 0 Å². The molecule has 0 saturated heterocycles. The molecule has 0 heterocycles. The van der Waals surface area contributed by atoms with Gasteiger partial charge in [0.1, 0.15) is 5.69 Å². The average Bonchev–Trinajstić information content (AvgIpc) is 2.44. The molecule has 0 aliphatic carbocycles. The van der Waals surface area contributed by atoms with E-state index in [0.29, 0.717) is 6.54 Å². The van der Waals surface area contributed by atoms with Gasteiger partial charge in [0.2, 0.25) is 10.0 Å². The van der Waals surface area contributed by atoms with Gasteiger partial charge in [0.05, 0.1) is 4.92 Å². The Hall–Kier alpha value is -1.67. The highest BCUT2D eigenvalue weighted by Crippen LogP contribution is 2.31. The average molecular weight is 315 g/mol. The third kappa shape index (κ3) is 4.40. The zero-order chi connectivity index (χ0) is 16.0. The molecular weight excluding hydrogens is 294 g/mol. The molecule has 0 radical (unpaired) electrons. The molecule has 0 amide bonds. The van der Waals surface area contributed by atoms with Crippen molar-refractivity contribution in [3.8, 4) is 0 Å². The van der Waals surface area contributed by atoms with Crippen LogP contribution in [0.3, 0.4) is 0 Å². The van der Waals surface area contributed by atoms with Gasteiger partial charge in [-0.2, -0.15) is 0 Å². The van der Waals surface area contributed by atoms with Crippen molar-refractivity contribution in [3.05, 3.63) is 28.3 Å². The van der Waals surface area contributed by atoms with E-state index in [4.69, 9.17) is 0 Å². The van der Waals surface area contributed by atoms with E-state index < -0.39 is 20.6 Å². The second-order valence-corrected chi connectivity index (χ2v) is 6.54. The largest absolute Gasteiger partial charge is 0.380 e. The van der Waals surface area contributed by atoms with Gasteiger partial charge in [0.15, 0.2) is 4.90 Å². The minimum absolute atomic E-state index is 0.163. The molecule has 1 aromatic carbocycles. The highest BCUT2D eigenvalue weighted by atomic mass is 32.2. The maximum absolute atomic E-state index is 12.3. The highest BCUT2D eigenvalue weighted by molar-refractivity contribution is 7.89. The fraction of sp³-hybridized carbons (Fsp3) is 0.538. The van der Waals surface area contributed by atoms with E-state index in [-0.39, 0.29) is 23.0 Å². The molecule has 7 nitrogen and oxygen atoms in total. The Morgan fingerprint density at radius 3 is 2.52 bits per heavy atom. The van der Waals surface area contributed by atoms with E-state index >= 15 is 0 Å². The predicted molar refractivity (Wildman–Crippen MR) is 81.9 cm³/mol. The molecule has 1 rings (SSSR count). The summed E-state index contributed by atoms with van der Waals surface area (Å²) in [5.41, 5.74) is -0.218. The molecule has 0 aliphatic rings. The highest BCUT2D eigenvalue weighted by Gasteiger charge is 2.28. The predicted octanol–water partition coefficient (Wildman–Crippen LogP) is 2.35. The number of nitro groups is 1. The number of sulfonamides is 1. The Labute approximate surface area is 124 Å². The van der Waals surface area contributed by atoms with E-state index in [2.05, 4.69) is 10.0 Å². The van der Waals surface area contributed by atoms with Crippen molar-refractivity contribution in [1.29, 1.82) is 0 Å². The Morgan fingerprint density at radius 2 is 2.00 bits per heavy atom. The van der Waals surface area contributed by atoms with Crippen molar-refractivity contribution in [3.63, 3.8) is 0 Å². The Morgan fingerprint density at radius 1 is 1.33 bits per heavy atom. The van der Waals surface area contributed by atoms with E-state index in [0.717, 1.165) is 6.42 Å². The van der Waals surface area contributed by atoms with Gasteiger partial charge in [-0.15, -0.1) is 0 Å². The lowest BCUT2D eigenvalue weighted by Gasteiger charge is -2.12. The van der Waals surface area contributed by atoms with Crippen molar-refractivity contribution < 1.29 is 13.3 Å². The van der Waals surface area contributed by atoms with E-state index in [1.54, 1.807) is 6.92 Å². The molecule has 8 heteroatoms. The summed E-state index contributed by atoms with van der Waals surface area (Å²) in [6.45, 7) is 6.36. The van der Waals surface area contributed by atoms with Crippen LogP contribution < -0.4 is 10.0 Å². The summed E-state index contributed by atoms with van der Waals surface area (Å²) in [5, 5.41) is 14.0. The zero-order valence-electron chi connectivity index (χ0n) is 12.4. The topological polar surface area (TPSA) is 101 Å². The van der Waals surface area contributed by atoms with Crippen LogP contribution in [0.5, 0.6) is 0 Å². The number of nitrogens with zero attached hydrogens (tertiary/aromatic N) is 1. The molecular formula is C13H21N3O4S. The first-order valence-electron chi connectivity index (χ1n) is 6.84. The number of hydrogen-bond acceptors (Lipinski definition) is 5. The van der Waals surface area contributed by atoms with E-state index in [9.17, 15) is 18.5 Å². The molecule has 21 heavy (non-hydrogen) atoms. The van der Waals surface area contributed by atoms with Gasteiger partial charge < -0.3 is 5.32 Å². The maximum Gasteiger partial charge on any atom is 0.312 e. The van der Waals surface area contributed by atoms with E-state index in [1.165, 1.54) is 18.2 Å². The van der Waals surface area contributed by atoms with Crippen molar-refractivity contribution in [2.24, 2.45) is 5.92 Å². The molecule has 118 valence electrons. The Balaban J connectivity index is 3.22. The maximum atomic E-state index is 12.3. The normalized spacial score (nSPS) is 12.9. The van der Waals surface area contributed by atoms with Gasteiger partial charge in [-0.3, -0.25) is 10.1 Å². The van der Waals surface area contributed by atoms with Gasteiger partial charge >= 0.3 is 5.69 Å². The molecule has 0 spiro atoms. The summed E-state index contributed by atoms with van der Waals surface area (Å²) in [6, 6.07) is 4.23. The van der Waals surface area contributed by atoms with Gasteiger partial charge in [-0.05, 0) is 25.0 Å². The quantitative estimate of drug-likeness (QED) is 0.566. The lowest BCUT2D eigenvalue weighted by Crippen LogP contribution is -2.29. The fourth-order valence-corrected chi connectivity index (χ4v) is 3.09. The standard InChI is InChI=1S/C13H21N3O4S/c1-4-10(3)9-15-21(19,20)12-8-6-7-11(14-5-2)13(12)16(17)18/h6-8,10,14-15H,4-5,9H2,1-3H3. The van der Waals surface area contributed by atoms with Crippen molar-refractivity contribution in [2.45, 2.75) is 32.1 Å².